The lowest BCUT2D eigenvalue weighted by Gasteiger charge is -2.26. The Morgan fingerprint density at radius 2 is 1.44 bits per heavy atom. The Hall–Kier alpha value is -4.30. The molecule has 172 valence electrons. The van der Waals surface area contributed by atoms with Gasteiger partial charge in [0.25, 0.3) is 15.9 Å². The standard InChI is InChI=1S/C26H22N2O5S/c1-18-11-14-21(15-12-18)34(32,33)28(23-9-5-6-10-25(23)30)20-13-16-24(29)22(17-20)27-26(31)19-7-3-2-4-8-19/h2-17,29-30H,1H3,(H,27,31). The third kappa shape index (κ3) is 4.57. The van der Waals surface area contributed by atoms with Crippen molar-refractivity contribution in [3.05, 3.63) is 108 Å². The summed E-state index contributed by atoms with van der Waals surface area (Å²) in [6, 6.07) is 24.8. The van der Waals surface area contributed by atoms with Gasteiger partial charge in [0.15, 0.2) is 0 Å². The number of carbonyl (C=O) groups excluding carboxylic acids is 1. The number of phenols is 2. The van der Waals surface area contributed by atoms with E-state index in [9.17, 15) is 23.4 Å². The summed E-state index contributed by atoms with van der Waals surface area (Å²) in [7, 11) is -4.18. The van der Waals surface area contributed by atoms with Gasteiger partial charge in [-0.15, -0.1) is 0 Å². The van der Waals surface area contributed by atoms with Gasteiger partial charge in [-0.1, -0.05) is 48.0 Å². The Morgan fingerprint density at radius 3 is 2.12 bits per heavy atom. The molecule has 0 radical (unpaired) electrons. The van der Waals surface area contributed by atoms with Crippen molar-refractivity contribution in [1.29, 1.82) is 0 Å². The number of nitrogens with zero attached hydrogens (tertiary/aromatic N) is 1. The molecule has 4 aromatic carbocycles. The lowest BCUT2D eigenvalue weighted by Crippen LogP contribution is -2.26. The molecule has 4 aromatic rings. The van der Waals surface area contributed by atoms with Crippen LogP contribution >= 0.6 is 0 Å². The monoisotopic (exact) mass is 474 g/mol. The zero-order chi connectivity index (χ0) is 24.3. The number of aromatic hydroxyl groups is 2. The van der Waals surface area contributed by atoms with Crippen LogP contribution in [-0.4, -0.2) is 24.5 Å². The molecule has 0 aliphatic rings. The number of anilines is 3. The summed E-state index contributed by atoms with van der Waals surface area (Å²) in [6.45, 7) is 1.85. The Bertz CT molecular complexity index is 1440. The maximum Gasteiger partial charge on any atom is 0.268 e. The van der Waals surface area contributed by atoms with Gasteiger partial charge in [-0.05, 0) is 61.5 Å². The van der Waals surface area contributed by atoms with Crippen LogP contribution < -0.4 is 9.62 Å². The zero-order valence-corrected chi connectivity index (χ0v) is 19.0. The van der Waals surface area contributed by atoms with Gasteiger partial charge < -0.3 is 15.5 Å². The first-order valence-electron chi connectivity index (χ1n) is 10.4. The number of benzene rings is 4. The van der Waals surface area contributed by atoms with Gasteiger partial charge in [0, 0.05) is 5.56 Å². The van der Waals surface area contributed by atoms with E-state index in [2.05, 4.69) is 5.32 Å². The fraction of sp³-hybridized carbons (Fsp3) is 0.0385. The number of carbonyl (C=O) groups is 1. The van der Waals surface area contributed by atoms with Crippen LogP contribution in [0.4, 0.5) is 17.1 Å². The summed E-state index contributed by atoms with van der Waals surface area (Å²) in [5.74, 6) is -0.956. The number of rotatable bonds is 6. The highest BCUT2D eigenvalue weighted by molar-refractivity contribution is 7.93. The minimum absolute atomic E-state index is 0.0179. The summed E-state index contributed by atoms with van der Waals surface area (Å²) in [4.78, 5) is 12.6. The van der Waals surface area contributed by atoms with Gasteiger partial charge >= 0.3 is 0 Å². The van der Waals surface area contributed by atoms with E-state index in [0.29, 0.717) is 5.56 Å². The first-order valence-corrected chi connectivity index (χ1v) is 11.8. The molecule has 0 aliphatic carbocycles. The van der Waals surface area contributed by atoms with Crippen LogP contribution in [0, 0.1) is 6.92 Å². The lowest BCUT2D eigenvalue weighted by atomic mass is 10.2. The third-order valence-electron chi connectivity index (χ3n) is 5.16. The highest BCUT2D eigenvalue weighted by Gasteiger charge is 2.29. The van der Waals surface area contributed by atoms with E-state index in [4.69, 9.17) is 0 Å². The quantitative estimate of drug-likeness (QED) is 0.334. The van der Waals surface area contributed by atoms with Crippen molar-refractivity contribution in [2.24, 2.45) is 0 Å². The molecule has 4 rings (SSSR count). The molecule has 0 spiro atoms. The molecule has 0 bridgehead atoms. The zero-order valence-electron chi connectivity index (χ0n) is 18.2. The van der Waals surface area contributed by atoms with E-state index in [1.165, 1.54) is 42.5 Å². The molecule has 0 aromatic heterocycles. The molecular weight excluding hydrogens is 452 g/mol. The third-order valence-corrected chi connectivity index (χ3v) is 6.91. The van der Waals surface area contributed by atoms with E-state index in [1.54, 1.807) is 54.6 Å². The second-order valence-corrected chi connectivity index (χ2v) is 9.38. The number of hydrogen-bond acceptors (Lipinski definition) is 5. The fourth-order valence-corrected chi connectivity index (χ4v) is 4.89. The minimum atomic E-state index is -4.18. The number of nitrogens with one attached hydrogen (secondary N) is 1. The number of aryl methyl sites for hydroxylation is 1. The molecule has 3 N–H and O–H groups in total. The number of sulfonamides is 1. The Morgan fingerprint density at radius 1 is 0.794 bits per heavy atom. The van der Waals surface area contributed by atoms with Crippen LogP contribution in [0.25, 0.3) is 0 Å². The SMILES string of the molecule is Cc1ccc(S(=O)(=O)N(c2ccc(O)c(NC(=O)c3ccccc3)c2)c2ccccc2O)cc1. The van der Waals surface area contributed by atoms with Crippen LogP contribution in [0.5, 0.6) is 11.5 Å². The predicted molar refractivity (Wildman–Crippen MR) is 131 cm³/mol. The highest BCUT2D eigenvalue weighted by Crippen LogP contribution is 2.40. The van der Waals surface area contributed by atoms with Crippen LogP contribution in [0.15, 0.2) is 102 Å². The van der Waals surface area contributed by atoms with Crippen LogP contribution in [0.2, 0.25) is 0 Å². The summed E-state index contributed by atoms with van der Waals surface area (Å²) in [5, 5.41) is 23.5. The molecule has 0 heterocycles. The summed E-state index contributed by atoms with van der Waals surface area (Å²) >= 11 is 0. The maximum atomic E-state index is 13.7. The summed E-state index contributed by atoms with van der Waals surface area (Å²) < 4.78 is 28.4. The Kier molecular flexibility index (Phi) is 6.25. The largest absolute Gasteiger partial charge is 0.506 e. The normalized spacial score (nSPS) is 11.1. The molecule has 7 nitrogen and oxygen atoms in total. The smallest absolute Gasteiger partial charge is 0.268 e. The van der Waals surface area contributed by atoms with E-state index in [-0.39, 0.29) is 33.5 Å². The van der Waals surface area contributed by atoms with Gasteiger partial charge in [0.1, 0.15) is 11.5 Å². The van der Waals surface area contributed by atoms with Crippen molar-refractivity contribution in [1.82, 2.24) is 0 Å². The lowest BCUT2D eigenvalue weighted by molar-refractivity contribution is 0.102. The van der Waals surface area contributed by atoms with Crippen molar-refractivity contribution >= 4 is 33.0 Å². The van der Waals surface area contributed by atoms with Crippen LogP contribution in [0.1, 0.15) is 15.9 Å². The summed E-state index contributed by atoms with van der Waals surface area (Å²) in [5.41, 5.74) is 1.42. The Balaban J connectivity index is 1.83. The fourth-order valence-electron chi connectivity index (χ4n) is 3.39. The first-order chi connectivity index (χ1) is 16.3. The van der Waals surface area contributed by atoms with Crippen molar-refractivity contribution in [2.45, 2.75) is 11.8 Å². The second-order valence-electron chi connectivity index (χ2n) is 7.59. The first kappa shape index (κ1) is 22.9. The van der Waals surface area contributed by atoms with E-state index >= 15 is 0 Å². The number of para-hydroxylation sites is 2. The average molecular weight is 475 g/mol. The number of phenolic OH excluding ortho intramolecular Hbond substituents is 2. The van der Waals surface area contributed by atoms with Crippen LogP contribution in [0.3, 0.4) is 0 Å². The highest BCUT2D eigenvalue weighted by atomic mass is 32.2. The van der Waals surface area contributed by atoms with Gasteiger partial charge in [-0.25, -0.2) is 12.7 Å². The minimum Gasteiger partial charge on any atom is -0.506 e. The molecule has 0 fully saturated rings. The summed E-state index contributed by atoms with van der Waals surface area (Å²) in [6.07, 6.45) is 0. The van der Waals surface area contributed by atoms with Crippen molar-refractivity contribution in [3.8, 4) is 11.5 Å². The van der Waals surface area contributed by atoms with E-state index in [0.717, 1.165) is 9.87 Å². The van der Waals surface area contributed by atoms with E-state index in [1.807, 2.05) is 6.92 Å². The van der Waals surface area contributed by atoms with E-state index < -0.39 is 15.9 Å². The van der Waals surface area contributed by atoms with Gasteiger partial charge in [-0.2, -0.15) is 0 Å². The Labute approximate surface area is 197 Å². The number of amides is 1. The molecule has 0 unspecified atom stereocenters. The predicted octanol–water partition coefficient (Wildman–Crippen LogP) is 5.19. The van der Waals surface area contributed by atoms with Crippen molar-refractivity contribution in [2.75, 3.05) is 9.62 Å². The van der Waals surface area contributed by atoms with Gasteiger partial charge in [-0.3, -0.25) is 4.79 Å². The molecule has 0 aliphatic heterocycles. The van der Waals surface area contributed by atoms with Gasteiger partial charge in [0.05, 0.1) is 22.0 Å². The molecule has 0 saturated heterocycles. The molecule has 1 amide bonds. The molecule has 8 heteroatoms. The second kappa shape index (κ2) is 9.29. The maximum absolute atomic E-state index is 13.7. The molecule has 34 heavy (non-hydrogen) atoms. The van der Waals surface area contributed by atoms with Crippen molar-refractivity contribution < 1.29 is 23.4 Å². The number of hydrogen-bond donors (Lipinski definition) is 3. The average Bonchev–Trinajstić information content (AvgIpc) is 2.83. The van der Waals surface area contributed by atoms with Gasteiger partial charge in [0.2, 0.25) is 0 Å². The van der Waals surface area contributed by atoms with Crippen molar-refractivity contribution in [3.63, 3.8) is 0 Å². The molecule has 0 atom stereocenters. The van der Waals surface area contributed by atoms with Crippen LogP contribution in [-0.2, 0) is 10.0 Å². The topological polar surface area (TPSA) is 107 Å². The molecular formula is C26H22N2O5S. The molecule has 0 saturated carbocycles.